The number of anilines is 1. The van der Waals surface area contributed by atoms with E-state index >= 15 is 0 Å². The van der Waals surface area contributed by atoms with Gasteiger partial charge in [0.15, 0.2) is 5.16 Å². The highest BCUT2D eigenvalue weighted by atomic mass is 35.5. The average molecular weight is 410 g/mol. The number of hydrogen-bond donors (Lipinski definition) is 1. The first-order chi connectivity index (χ1) is 11.4. The molecular weight excluding hydrogens is 395 g/mol. The minimum Gasteiger partial charge on any atom is -0.383 e. The molecule has 0 bridgehead atoms. The topological polar surface area (TPSA) is 69.0 Å². The molecule has 0 aliphatic heterocycles. The molecule has 6 nitrogen and oxygen atoms in total. The summed E-state index contributed by atoms with van der Waals surface area (Å²) in [7, 11) is 1.62. The van der Waals surface area contributed by atoms with E-state index in [-0.39, 0.29) is 16.0 Å². The molecule has 0 fully saturated rings. The Labute approximate surface area is 158 Å². The van der Waals surface area contributed by atoms with E-state index in [4.69, 9.17) is 39.5 Å². The molecule has 1 aromatic carbocycles. The maximum absolute atomic E-state index is 12.4. The summed E-state index contributed by atoms with van der Waals surface area (Å²) in [6.45, 7) is 2.89. The molecule has 1 unspecified atom stereocenters. The zero-order valence-corrected chi connectivity index (χ0v) is 16.0. The minimum atomic E-state index is -0.432. The van der Waals surface area contributed by atoms with E-state index in [0.717, 1.165) is 0 Å². The van der Waals surface area contributed by atoms with Crippen molar-refractivity contribution in [1.29, 1.82) is 0 Å². The molecule has 0 aliphatic rings. The lowest BCUT2D eigenvalue weighted by molar-refractivity contribution is -0.115. The van der Waals surface area contributed by atoms with Gasteiger partial charge < -0.3 is 14.6 Å². The number of aromatic nitrogens is 3. The predicted molar refractivity (Wildman–Crippen MR) is 97.3 cm³/mol. The molecule has 1 amide bonds. The number of rotatable bonds is 7. The largest absolute Gasteiger partial charge is 0.383 e. The van der Waals surface area contributed by atoms with Crippen LogP contribution in [0.3, 0.4) is 0 Å². The van der Waals surface area contributed by atoms with Crippen LogP contribution in [0.4, 0.5) is 5.69 Å². The Morgan fingerprint density at radius 2 is 2.04 bits per heavy atom. The highest BCUT2D eigenvalue weighted by Gasteiger charge is 2.20. The lowest BCUT2D eigenvalue weighted by Crippen LogP contribution is -2.23. The van der Waals surface area contributed by atoms with Crippen molar-refractivity contribution in [3.8, 4) is 0 Å². The van der Waals surface area contributed by atoms with E-state index < -0.39 is 5.25 Å². The second-order valence-electron chi connectivity index (χ2n) is 4.79. The van der Waals surface area contributed by atoms with E-state index in [0.29, 0.717) is 29.0 Å². The lowest BCUT2D eigenvalue weighted by atomic mass is 10.3. The molecule has 2 aromatic rings. The van der Waals surface area contributed by atoms with Gasteiger partial charge in [-0.15, -0.1) is 10.2 Å². The molecule has 0 spiro atoms. The lowest BCUT2D eigenvalue weighted by Gasteiger charge is -2.14. The summed E-state index contributed by atoms with van der Waals surface area (Å²) in [5.74, 6) is -0.257. The molecule has 0 aliphatic carbocycles. The zero-order valence-electron chi connectivity index (χ0n) is 12.9. The third-order valence-corrected chi connectivity index (χ3v) is 4.93. The van der Waals surface area contributed by atoms with E-state index in [1.165, 1.54) is 23.9 Å². The van der Waals surface area contributed by atoms with Crippen LogP contribution in [0.15, 0.2) is 23.6 Å². The highest BCUT2D eigenvalue weighted by Crippen LogP contribution is 2.34. The summed E-state index contributed by atoms with van der Waals surface area (Å²) in [4.78, 5) is 12.4. The summed E-state index contributed by atoms with van der Waals surface area (Å²) in [5.41, 5.74) is 0.334. The third-order valence-electron chi connectivity index (χ3n) is 3.02. The second-order valence-corrected chi connectivity index (χ2v) is 7.35. The smallest absolute Gasteiger partial charge is 0.237 e. The van der Waals surface area contributed by atoms with E-state index in [2.05, 4.69) is 15.5 Å². The molecule has 10 heteroatoms. The van der Waals surface area contributed by atoms with Gasteiger partial charge in [-0.05, 0) is 19.1 Å². The van der Waals surface area contributed by atoms with Crippen molar-refractivity contribution in [2.45, 2.75) is 23.9 Å². The quantitative estimate of drug-likeness (QED) is 0.700. The number of thioether (sulfide) groups is 1. The van der Waals surface area contributed by atoms with Crippen LogP contribution in [0.5, 0.6) is 0 Å². The van der Waals surface area contributed by atoms with Gasteiger partial charge >= 0.3 is 0 Å². The van der Waals surface area contributed by atoms with Crippen molar-refractivity contribution in [3.63, 3.8) is 0 Å². The predicted octanol–water partition coefficient (Wildman–Crippen LogP) is 4.00. The van der Waals surface area contributed by atoms with Gasteiger partial charge in [0.2, 0.25) is 5.91 Å². The number of nitrogens with zero attached hydrogens (tertiary/aromatic N) is 3. The molecule has 1 N–H and O–H groups in total. The highest BCUT2D eigenvalue weighted by molar-refractivity contribution is 8.00. The Balaban J connectivity index is 2.04. The fourth-order valence-electron chi connectivity index (χ4n) is 1.78. The Morgan fingerprint density at radius 3 is 2.67 bits per heavy atom. The molecular formula is C14H15Cl3N4O2S. The van der Waals surface area contributed by atoms with Crippen molar-refractivity contribution in [2.75, 3.05) is 19.0 Å². The molecule has 1 aromatic heterocycles. The maximum Gasteiger partial charge on any atom is 0.237 e. The molecule has 24 heavy (non-hydrogen) atoms. The van der Waals surface area contributed by atoms with E-state index in [1.807, 2.05) is 4.57 Å². The molecule has 130 valence electrons. The fourth-order valence-corrected chi connectivity index (χ4v) is 3.54. The molecule has 2 rings (SSSR count). The van der Waals surface area contributed by atoms with Crippen LogP contribution in [-0.4, -0.2) is 39.6 Å². The second kappa shape index (κ2) is 8.92. The van der Waals surface area contributed by atoms with Crippen LogP contribution in [0.25, 0.3) is 0 Å². The standard InChI is InChI=1S/C14H15Cl3N4O2S/c1-8(24-14-20-18-7-21(14)3-4-23-2)13(22)19-12-10(16)5-9(15)6-11(12)17/h5-8H,3-4H2,1-2H3,(H,19,22). The van der Waals surface area contributed by atoms with E-state index in [1.54, 1.807) is 20.4 Å². The van der Waals surface area contributed by atoms with Crippen molar-refractivity contribution in [3.05, 3.63) is 33.5 Å². The summed E-state index contributed by atoms with van der Waals surface area (Å²) < 4.78 is 6.85. The first-order valence-corrected chi connectivity index (χ1v) is 8.92. The normalized spacial score (nSPS) is 12.2. The van der Waals surface area contributed by atoms with Gasteiger partial charge in [0.05, 0.1) is 27.6 Å². The van der Waals surface area contributed by atoms with Crippen LogP contribution in [0.1, 0.15) is 6.92 Å². The first-order valence-electron chi connectivity index (χ1n) is 6.91. The van der Waals surface area contributed by atoms with Gasteiger partial charge in [-0.3, -0.25) is 4.79 Å². The zero-order chi connectivity index (χ0) is 17.7. The van der Waals surface area contributed by atoms with Gasteiger partial charge in [-0.1, -0.05) is 46.6 Å². The van der Waals surface area contributed by atoms with Crippen LogP contribution >= 0.6 is 46.6 Å². The molecule has 0 saturated carbocycles. The number of benzene rings is 1. The third kappa shape index (κ3) is 5.00. The van der Waals surface area contributed by atoms with Crippen LogP contribution in [0.2, 0.25) is 15.1 Å². The number of carbonyl (C=O) groups excluding carboxylic acids is 1. The summed E-state index contributed by atoms with van der Waals surface area (Å²) in [6.07, 6.45) is 1.60. The molecule has 1 atom stereocenters. The van der Waals surface area contributed by atoms with Gasteiger partial charge in [0, 0.05) is 18.7 Å². The number of ether oxygens (including phenoxy) is 1. The first kappa shape index (κ1) is 19.3. The Hall–Kier alpha value is -0.990. The van der Waals surface area contributed by atoms with Gasteiger partial charge in [0.25, 0.3) is 0 Å². The van der Waals surface area contributed by atoms with Crippen molar-refractivity contribution in [1.82, 2.24) is 14.8 Å². The van der Waals surface area contributed by atoms with Gasteiger partial charge in [0.1, 0.15) is 6.33 Å². The van der Waals surface area contributed by atoms with E-state index in [9.17, 15) is 4.79 Å². The molecule has 1 heterocycles. The summed E-state index contributed by atoms with van der Waals surface area (Å²) >= 11 is 19.3. The van der Waals surface area contributed by atoms with Crippen LogP contribution in [-0.2, 0) is 16.1 Å². The maximum atomic E-state index is 12.4. The molecule has 0 saturated heterocycles. The summed E-state index contributed by atoms with van der Waals surface area (Å²) in [6, 6.07) is 3.04. The molecule has 0 radical (unpaired) electrons. The number of halogens is 3. The van der Waals surface area contributed by atoms with Gasteiger partial charge in [-0.2, -0.15) is 0 Å². The van der Waals surface area contributed by atoms with Crippen molar-refractivity contribution in [2.24, 2.45) is 0 Å². The number of methoxy groups -OCH3 is 1. The summed E-state index contributed by atoms with van der Waals surface area (Å²) in [5, 5.41) is 11.7. The van der Waals surface area contributed by atoms with Crippen molar-refractivity contribution >= 4 is 58.2 Å². The fraction of sp³-hybridized carbons (Fsp3) is 0.357. The van der Waals surface area contributed by atoms with Crippen LogP contribution < -0.4 is 5.32 Å². The monoisotopic (exact) mass is 408 g/mol. The number of amides is 1. The Bertz CT molecular complexity index is 703. The SMILES string of the molecule is COCCn1cnnc1SC(C)C(=O)Nc1c(Cl)cc(Cl)cc1Cl. The Morgan fingerprint density at radius 1 is 1.38 bits per heavy atom. The van der Waals surface area contributed by atoms with Crippen molar-refractivity contribution < 1.29 is 9.53 Å². The number of nitrogens with one attached hydrogen (secondary N) is 1. The number of hydrogen-bond acceptors (Lipinski definition) is 5. The average Bonchev–Trinajstić information content (AvgIpc) is 2.95. The van der Waals surface area contributed by atoms with Crippen LogP contribution in [0, 0.1) is 0 Å². The van der Waals surface area contributed by atoms with Gasteiger partial charge in [-0.25, -0.2) is 0 Å². The Kier molecular flexibility index (Phi) is 7.18. The number of carbonyl (C=O) groups is 1. The minimum absolute atomic E-state index is 0.257.